The lowest BCUT2D eigenvalue weighted by molar-refractivity contribution is -0.129. The fourth-order valence-electron chi connectivity index (χ4n) is 3.94. The van der Waals surface area contributed by atoms with Crippen molar-refractivity contribution in [2.45, 2.75) is 39.4 Å². The van der Waals surface area contributed by atoms with Crippen molar-refractivity contribution in [1.82, 2.24) is 20.4 Å². The van der Waals surface area contributed by atoms with Crippen molar-refractivity contribution in [2.75, 3.05) is 33.2 Å². The van der Waals surface area contributed by atoms with Crippen molar-refractivity contribution in [3.8, 4) is 0 Å². The van der Waals surface area contributed by atoms with E-state index in [0.717, 1.165) is 43.9 Å². The molecule has 0 spiro atoms. The third-order valence-electron chi connectivity index (χ3n) is 5.93. The highest BCUT2D eigenvalue weighted by Gasteiger charge is 2.24. The van der Waals surface area contributed by atoms with Gasteiger partial charge < -0.3 is 15.5 Å². The first-order valence-corrected chi connectivity index (χ1v) is 11.5. The number of hydrogen-bond acceptors (Lipinski definition) is 4. The molecule has 0 radical (unpaired) electrons. The van der Waals surface area contributed by atoms with Gasteiger partial charge >= 0.3 is 0 Å². The molecule has 172 valence electrons. The molecule has 32 heavy (non-hydrogen) atoms. The van der Waals surface area contributed by atoms with Gasteiger partial charge in [0, 0.05) is 39.3 Å². The second-order valence-corrected chi connectivity index (χ2v) is 9.07. The number of nitrogens with zero attached hydrogens (tertiary/aromatic N) is 2. The molecule has 6 heteroatoms. The maximum atomic E-state index is 12.8. The van der Waals surface area contributed by atoms with E-state index in [9.17, 15) is 9.59 Å². The van der Waals surface area contributed by atoms with Crippen LogP contribution in [-0.2, 0) is 29.1 Å². The van der Waals surface area contributed by atoms with Crippen molar-refractivity contribution < 1.29 is 9.59 Å². The summed E-state index contributed by atoms with van der Waals surface area (Å²) >= 11 is 0. The molecule has 2 aromatic rings. The standard InChI is InChI=1S/C26H36N4O2/c1-20(2)25(28-24(31)17-21-8-5-4-6-9-21)26(32)27-18-22-10-7-11-23(16-22)19-30-14-12-29(3)13-15-30/h4-11,16,20,25H,12-15,17-19H2,1-3H3,(H,27,32)(H,28,31). The zero-order valence-corrected chi connectivity index (χ0v) is 19.5. The number of nitrogens with one attached hydrogen (secondary N) is 2. The Bertz CT molecular complexity index is 876. The number of carbonyl (C=O) groups excluding carboxylic acids is 2. The van der Waals surface area contributed by atoms with Gasteiger partial charge in [-0.2, -0.15) is 0 Å². The second-order valence-electron chi connectivity index (χ2n) is 9.07. The zero-order chi connectivity index (χ0) is 22.9. The van der Waals surface area contributed by atoms with Gasteiger partial charge in [0.15, 0.2) is 0 Å². The SMILES string of the molecule is CC(C)C(NC(=O)Cc1ccccc1)C(=O)NCc1cccc(CN2CCN(C)CC2)c1. The van der Waals surface area contributed by atoms with E-state index < -0.39 is 6.04 Å². The van der Waals surface area contributed by atoms with Crippen LogP contribution in [0.3, 0.4) is 0 Å². The number of piperazine rings is 1. The van der Waals surface area contributed by atoms with Crippen molar-refractivity contribution in [3.63, 3.8) is 0 Å². The van der Waals surface area contributed by atoms with Gasteiger partial charge in [0.05, 0.1) is 6.42 Å². The third kappa shape index (κ3) is 7.46. The van der Waals surface area contributed by atoms with Crippen LogP contribution in [0.4, 0.5) is 0 Å². The van der Waals surface area contributed by atoms with Crippen LogP contribution in [0.1, 0.15) is 30.5 Å². The van der Waals surface area contributed by atoms with Gasteiger partial charge in [-0.05, 0) is 29.7 Å². The van der Waals surface area contributed by atoms with E-state index in [4.69, 9.17) is 0 Å². The smallest absolute Gasteiger partial charge is 0.243 e. The molecule has 0 saturated carbocycles. The summed E-state index contributed by atoms with van der Waals surface area (Å²) in [5.41, 5.74) is 3.27. The first-order valence-electron chi connectivity index (χ1n) is 11.5. The summed E-state index contributed by atoms with van der Waals surface area (Å²) in [6.45, 7) is 9.64. The van der Waals surface area contributed by atoms with Crippen LogP contribution in [0.15, 0.2) is 54.6 Å². The molecule has 2 aromatic carbocycles. The maximum absolute atomic E-state index is 12.8. The van der Waals surface area contributed by atoms with Gasteiger partial charge in [-0.3, -0.25) is 14.5 Å². The molecular weight excluding hydrogens is 400 g/mol. The van der Waals surface area contributed by atoms with E-state index in [1.807, 2.05) is 50.2 Å². The Balaban J connectivity index is 1.51. The fraction of sp³-hybridized carbons (Fsp3) is 0.462. The number of amides is 2. The molecule has 3 rings (SSSR count). The van der Waals surface area contributed by atoms with Crippen LogP contribution in [0, 0.1) is 5.92 Å². The zero-order valence-electron chi connectivity index (χ0n) is 19.5. The Morgan fingerprint density at radius 3 is 2.25 bits per heavy atom. The predicted molar refractivity (Wildman–Crippen MR) is 128 cm³/mol. The first-order chi connectivity index (χ1) is 15.4. The molecule has 2 amide bonds. The second kappa shape index (κ2) is 11.8. The molecule has 0 bridgehead atoms. The normalized spacial score (nSPS) is 16.0. The minimum atomic E-state index is -0.556. The van der Waals surface area contributed by atoms with Crippen LogP contribution >= 0.6 is 0 Å². The summed E-state index contributed by atoms with van der Waals surface area (Å²) in [7, 11) is 2.16. The van der Waals surface area contributed by atoms with E-state index in [1.165, 1.54) is 5.56 Å². The Kier molecular flexibility index (Phi) is 8.82. The molecule has 1 aliphatic heterocycles. The van der Waals surface area contributed by atoms with Gasteiger partial charge in [0.1, 0.15) is 6.04 Å². The van der Waals surface area contributed by atoms with Crippen LogP contribution in [-0.4, -0.2) is 60.9 Å². The molecule has 2 N–H and O–H groups in total. The Morgan fingerprint density at radius 1 is 0.906 bits per heavy atom. The topological polar surface area (TPSA) is 64.7 Å². The Labute approximate surface area is 192 Å². The molecule has 0 aromatic heterocycles. The van der Waals surface area contributed by atoms with Gasteiger partial charge in [-0.25, -0.2) is 0 Å². The minimum Gasteiger partial charge on any atom is -0.350 e. The van der Waals surface area contributed by atoms with Crippen LogP contribution in [0.25, 0.3) is 0 Å². The predicted octanol–water partition coefficient (Wildman–Crippen LogP) is 2.43. The number of carbonyl (C=O) groups is 2. The summed E-state index contributed by atoms with van der Waals surface area (Å²) in [6.07, 6.45) is 0.270. The van der Waals surface area contributed by atoms with Crippen LogP contribution in [0.5, 0.6) is 0 Å². The lowest BCUT2D eigenvalue weighted by Gasteiger charge is -2.32. The van der Waals surface area contributed by atoms with E-state index in [1.54, 1.807) is 0 Å². The van der Waals surface area contributed by atoms with Gasteiger partial charge in [0.25, 0.3) is 0 Å². The highest BCUT2D eigenvalue weighted by molar-refractivity contribution is 5.88. The van der Waals surface area contributed by atoms with Crippen LogP contribution < -0.4 is 10.6 Å². The summed E-state index contributed by atoms with van der Waals surface area (Å²) in [5.74, 6) is -0.289. The lowest BCUT2D eigenvalue weighted by atomic mass is 10.0. The average Bonchev–Trinajstić information content (AvgIpc) is 2.78. The highest BCUT2D eigenvalue weighted by atomic mass is 16.2. The van der Waals surface area contributed by atoms with Gasteiger partial charge in [-0.15, -0.1) is 0 Å². The summed E-state index contributed by atoms with van der Waals surface area (Å²) < 4.78 is 0. The number of hydrogen-bond donors (Lipinski definition) is 2. The van der Waals surface area contributed by atoms with Crippen molar-refractivity contribution in [2.24, 2.45) is 5.92 Å². The number of benzene rings is 2. The molecule has 1 saturated heterocycles. The van der Waals surface area contributed by atoms with E-state index in [-0.39, 0.29) is 24.2 Å². The van der Waals surface area contributed by atoms with Gasteiger partial charge in [-0.1, -0.05) is 68.4 Å². The highest BCUT2D eigenvalue weighted by Crippen LogP contribution is 2.11. The first kappa shape index (κ1) is 24.0. The fourth-order valence-corrected chi connectivity index (χ4v) is 3.94. The van der Waals surface area contributed by atoms with Crippen molar-refractivity contribution in [1.29, 1.82) is 0 Å². The number of likely N-dealkylation sites (N-methyl/N-ethyl adjacent to an activating group) is 1. The monoisotopic (exact) mass is 436 g/mol. The summed E-state index contributed by atoms with van der Waals surface area (Å²) in [4.78, 5) is 30.1. The largest absolute Gasteiger partial charge is 0.350 e. The molecular formula is C26H36N4O2. The van der Waals surface area contributed by atoms with E-state index >= 15 is 0 Å². The molecule has 0 aliphatic carbocycles. The third-order valence-corrected chi connectivity index (χ3v) is 5.93. The molecule has 1 heterocycles. The summed E-state index contributed by atoms with van der Waals surface area (Å²) in [6, 6.07) is 17.4. The Hall–Kier alpha value is -2.70. The average molecular weight is 437 g/mol. The van der Waals surface area contributed by atoms with E-state index in [2.05, 4.69) is 45.7 Å². The van der Waals surface area contributed by atoms with Gasteiger partial charge in [0.2, 0.25) is 11.8 Å². The molecule has 1 aliphatic rings. The minimum absolute atomic E-state index is 0.00158. The number of rotatable bonds is 9. The molecule has 6 nitrogen and oxygen atoms in total. The lowest BCUT2D eigenvalue weighted by Crippen LogP contribution is -2.49. The van der Waals surface area contributed by atoms with Crippen molar-refractivity contribution in [3.05, 3.63) is 71.3 Å². The Morgan fingerprint density at radius 2 is 1.56 bits per heavy atom. The molecule has 1 fully saturated rings. The van der Waals surface area contributed by atoms with Crippen LogP contribution in [0.2, 0.25) is 0 Å². The quantitative estimate of drug-likeness (QED) is 0.634. The summed E-state index contributed by atoms with van der Waals surface area (Å²) in [5, 5.41) is 5.92. The van der Waals surface area contributed by atoms with Crippen molar-refractivity contribution >= 4 is 11.8 Å². The molecule has 1 unspecified atom stereocenters. The maximum Gasteiger partial charge on any atom is 0.243 e. The van der Waals surface area contributed by atoms with E-state index in [0.29, 0.717) is 6.54 Å². The molecule has 1 atom stereocenters.